The number of carbonyl (C=O) groups excluding carboxylic acids is 3. The van der Waals surface area contributed by atoms with Gasteiger partial charge in [0.15, 0.2) is 0 Å². The molecule has 2 bridgehead atoms. The molecule has 8 atom stereocenters. The van der Waals surface area contributed by atoms with E-state index < -0.39 is 28.7 Å². The number of thioether (sulfide) groups is 1. The molecule has 3 aliphatic heterocycles. The van der Waals surface area contributed by atoms with Crippen LogP contribution in [0.2, 0.25) is 0 Å². The Hall–Kier alpha value is -3.56. The summed E-state index contributed by atoms with van der Waals surface area (Å²) in [4.78, 5) is 44.6. The number of aliphatic hydroxyl groups is 1. The molecule has 232 valence electrons. The van der Waals surface area contributed by atoms with E-state index in [0.717, 1.165) is 29.4 Å². The molecule has 0 radical (unpaired) electrons. The number of hydrogen-bond acceptors (Lipinski definition) is 6. The summed E-state index contributed by atoms with van der Waals surface area (Å²) in [5.74, 6) is -1.25. The normalized spacial score (nSPS) is 28.5. The second kappa shape index (κ2) is 12.1. The Balaban J connectivity index is 1.36. The van der Waals surface area contributed by atoms with Gasteiger partial charge in [0.25, 0.3) is 0 Å². The van der Waals surface area contributed by atoms with Crippen LogP contribution in [0.1, 0.15) is 40.5 Å². The minimum atomic E-state index is -0.828. The summed E-state index contributed by atoms with van der Waals surface area (Å²) in [5.41, 5.74) is 1.29. The lowest BCUT2D eigenvalue weighted by Crippen LogP contribution is -2.58. The molecule has 6 rings (SSSR count). The minimum Gasteiger partial charge on any atom is -0.494 e. The molecule has 8 nitrogen and oxygen atoms in total. The first kappa shape index (κ1) is 30.5. The lowest BCUT2D eigenvalue weighted by atomic mass is 9.66. The number of benzene rings is 3. The topological polar surface area (TPSA) is 108 Å². The Morgan fingerprint density at radius 2 is 1.70 bits per heavy atom. The predicted octanol–water partition coefficient (Wildman–Crippen LogP) is 5.56. The zero-order chi connectivity index (χ0) is 31.2. The number of fused-ring (bicyclic) bond motifs is 2. The molecule has 1 spiro atoms. The van der Waals surface area contributed by atoms with Crippen molar-refractivity contribution in [2.75, 3.05) is 23.8 Å². The molecule has 0 aliphatic carbocycles. The van der Waals surface area contributed by atoms with Gasteiger partial charge >= 0.3 is 0 Å². The van der Waals surface area contributed by atoms with E-state index >= 15 is 0 Å². The van der Waals surface area contributed by atoms with Crippen LogP contribution in [0.4, 0.5) is 11.4 Å². The molecule has 3 aliphatic rings. The number of nitrogens with zero attached hydrogens (tertiary/aromatic N) is 1. The summed E-state index contributed by atoms with van der Waals surface area (Å²) in [6.45, 7) is 8.34. The average molecular weight is 616 g/mol. The largest absolute Gasteiger partial charge is 0.494 e. The maximum atomic E-state index is 14.6. The van der Waals surface area contributed by atoms with Crippen LogP contribution in [0.25, 0.3) is 10.8 Å². The summed E-state index contributed by atoms with van der Waals surface area (Å²) in [5, 5.41) is 18.8. The molecule has 3 amide bonds. The summed E-state index contributed by atoms with van der Waals surface area (Å²) in [6, 6.07) is 19.6. The van der Waals surface area contributed by atoms with E-state index in [1.165, 1.54) is 0 Å². The Morgan fingerprint density at radius 3 is 2.39 bits per heavy atom. The van der Waals surface area contributed by atoms with Crippen LogP contribution in [0.5, 0.6) is 5.75 Å². The van der Waals surface area contributed by atoms with E-state index in [-0.39, 0.29) is 41.4 Å². The van der Waals surface area contributed by atoms with Gasteiger partial charge in [0.2, 0.25) is 17.7 Å². The summed E-state index contributed by atoms with van der Waals surface area (Å²) in [6.07, 6.45) is 1.47. The summed E-state index contributed by atoms with van der Waals surface area (Å²) in [7, 11) is 0. The second-order valence-electron chi connectivity index (χ2n) is 12.4. The Morgan fingerprint density at radius 1 is 1.02 bits per heavy atom. The van der Waals surface area contributed by atoms with E-state index in [1.807, 2.05) is 75.4 Å². The van der Waals surface area contributed by atoms with E-state index in [9.17, 15) is 19.5 Å². The van der Waals surface area contributed by atoms with E-state index in [2.05, 4.69) is 17.6 Å². The first-order valence-electron chi connectivity index (χ1n) is 15.7. The minimum absolute atomic E-state index is 0.0228. The molecule has 0 saturated carbocycles. The molecule has 44 heavy (non-hydrogen) atoms. The van der Waals surface area contributed by atoms with Gasteiger partial charge in [-0.05, 0) is 72.4 Å². The molecule has 9 heteroatoms. The van der Waals surface area contributed by atoms with Crippen molar-refractivity contribution in [3.63, 3.8) is 0 Å². The van der Waals surface area contributed by atoms with Gasteiger partial charge < -0.3 is 25.4 Å². The fourth-order valence-electron chi connectivity index (χ4n) is 7.73. The van der Waals surface area contributed by atoms with Crippen molar-refractivity contribution < 1.29 is 24.2 Å². The molecular formula is C35H41N3O5S. The molecule has 0 aromatic heterocycles. The third-order valence-corrected chi connectivity index (χ3v) is 12.1. The highest BCUT2D eigenvalue weighted by Gasteiger charge is 2.76. The monoisotopic (exact) mass is 615 g/mol. The molecule has 3 saturated heterocycles. The Labute approximate surface area is 262 Å². The standard InChI is InChI=1S/C35H41N3O5S/c1-5-20(3)27(19-39)38-31(33(41)37-25-12-11-22-9-7-8-10-23(22)18-25)35-21(4)17-28(44-35)29(30(35)34(38)42)32(40)36-24-13-15-26(16-14-24)43-6-2/h7-16,18,20-21,27-31,39H,5-6,17,19H2,1-4H3,(H,36,40)(H,37,41)/t20-,21?,27-,28+,29-,30-,31?,35?/m0/s1. The number of rotatable bonds is 10. The molecule has 3 unspecified atom stereocenters. The van der Waals surface area contributed by atoms with Gasteiger partial charge in [-0.15, -0.1) is 11.8 Å². The van der Waals surface area contributed by atoms with Gasteiger partial charge in [0.1, 0.15) is 11.8 Å². The lowest BCUT2D eigenvalue weighted by Gasteiger charge is -2.41. The van der Waals surface area contributed by atoms with E-state index in [1.54, 1.807) is 28.8 Å². The van der Waals surface area contributed by atoms with Crippen LogP contribution < -0.4 is 15.4 Å². The SMILES string of the molecule is CCOc1ccc(NC(=O)[C@@H]2[C@H]3C(=O)N([C@@H](CO)[C@@H](C)CC)C(C(=O)Nc4ccc5ccccc5c4)C34S[C@@H]2CC4C)cc1. The van der Waals surface area contributed by atoms with Crippen LogP contribution in [-0.4, -0.2) is 63.0 Å². The molecule has 3 aromatic carbocycles. The van der Waals surface area contributed by atoms with Gasteiger partial charge in [-0.25, -0.2) is 0 Å². The number of aliphatic hydroxyl groups excluding tert-OH is 1. The number of anilines is 2. The van der Waals surface area contributed by atoms with Gasteiger partial charge in [-0.2, -0.15) is 0 Å². The van der Waals surface area contributed by atoms with Crippen LogP contribution >= 0.6 is 11.8 Å². The highest BCUT2D eigenvalue weighted by atomic mass is 32.2. The lowest BCUT2D eigenvalue weighted by molar-refractivity contribution is -0.142. The van der Waals surface area contributed by atoms with E-state index in [4.69, 9.17) is 4.74 Å². The number of nitrogens with one attached hydrogen (secondary N) is 2. The number of amides is 3. The molecule has 3 aromatic rings. The van der Waals surface area contributed by atoms with Crippen molar-refractivity contribution in [3.8, 4) is 5.75 Å². The van der Waals surface area contributed by atoms with Crippen molar-refractivity contribution in [2.45, 2.75) is 62.6 Å². The molecule has 3 fully saturated rings. The third-order valence-electron chi connectivity index (χ3n) is 10.0. The zero-order valence-corrected chi connectivity index (χ0v) is 26.5. The average Bonchev–Trinajstić information content (AvgIpc) is 3.62. The third kappa shape index (κ3) is 4.94. The Kier molecular flexibility index (Phi) is 8.37. The summed E-state index contributed by atoms with van der Waals surface area (Å²) >= 11 is 1.63. The van der Waals surface area contributed by atoms with Gasteiger partial charge in [0, 0.05) is 16.6 Å². The van der Waals surface area contributed by atoms with E-state index in [0.29, 0.717) is 18.0 Å². The smallest absolute Gasteiger partial charge is 0.248 e. The zero-order valence-electron chi connectivity index (χ0n) is 25.7. The first-order valence-corrected chi connectivity index (χ1v) is 16.6. The van der Waals surface area contributed by atoms with Gasteiger partial charge in [-0.3, -0.25) is 14.4 Å². The maximum Gasteiger partial charge on any atom is 0.248 e. The molecule has 3 heterocycles. The predicted molar refractivity (Wildman–Crippen MR) is 175 cm³/mol. The Bertz CT molecular complexity index is 1560. The first-order chi connectivity index (χ1) is 21.2. The molecular weight excluding hydrogens is 574 g/mol. The number of likely N-dealkylation sites (tertiary alicyclic amines) is 1. The van der Waals surface area contributed by atoms with Crippen molar-refractivity contribution in [2.24, 2.45) is 23.7 Å². The highest BCUT2D eigenvalue weighted by Crippen LogP contribution is 2.69. The van der Waals surface area contributed by atoms with Crippen molar-refractivity contribution in [3.05, 3.63) is 66.7 Å². The van der Waals surface area contributed by atoms with Gasteiger partial charge in [0.05, 0.1) is 35.8 Å². The van der Waals surface area contributed by atoms with Crippen molar-refractivity contribution in [1.29, 1.82) is 0 Å². The maximum absolute atomic E-state index is 14.6. The fourth-order valence-corrected chi connectivity index (χ4v) is 10.1. The quantitative estimate of drug-likeness (QED) is 0.276. The fraction of sp³-hybridized carbons (Fsp3) is 0.457. The summed E-state index contributed by atoms with van der Waals surface area (Å²) < 4.78 is 4.75. The van der Waals surface area contributed by atoms with Crippen LogP contribution in [0.3, 0.4) is 0 Å². The second-order valence-corrected chi connectivity index (χ2v) is 14.0. The van der Waals surface area contributed by atoms with Crippen LogP contribution in [0.15, 0.2) is 66.7 Å². The van der Waals surface area contributed by atoms with Crippen molar-refractivity contribution >= 4 is 51.6 Å². The van der Waals surface area contributed by atoms with Crippen molar-refractivity contribution in [1.82, 2.24) is 4.90 Å². The number of ether oxygens (including phenoxy) is 1. The molecule has 3 N–H and O–H groups in total. The number of carbonyl (C=O) groups is 3. The van der Waals surface area contributed by atoms with Gasteiger partial charge in [-0.1, -0.05) is 57.5 Å². The van der Waals surface area contributed by atoms with Crippen LogP contribution in [0, 0.1) is 23.7 Å². The van der Waals surface area contributed by atoms with Crippen LogP contribution in [-0.2, 0) is 14.4 Å². The number of hydrogen-bond donors (Lipinski definition) is 3. The highest BCUT2D eigenvalue weighted by molar-refractivity contribution is 8.02.